The number of amides is 2. The number of benzene rings is 1. The standard InChI is InChI=1S/C11H8Cl2N4O3/c12-6-2-1-5(3-7(6)13)14-11(20)17-10-15-8(18)4-9(19)16-10/h1-4H,(H4,14,15,16,17,18,19,20). The Kier molecular flexibility index (Phi) is 4.11. The van der Waals surface area contributed by atoms with Gasteiger partial charge in [-0.1, -0.05) is 23.2 Å². The second kappa shape index (κ2) is 5.81. The number of anilines is 2. The maximum absolute atomic E-state index is 11.7. The van der Waals surface area contributed by atoms with Crippen molar-refractivity contribution in [1.82, 2.24) is 9.97 Å². The fourth-order valence-corrected chi connectivity index (χ4v) is 1.65. The van der Waals surface area contributed by atoms with Crippen LogP contribution in [0.2, 0.25) is 10.0 Å². The van der Waals surface area contributed by atoms with Crippen LogP contribution in [0.1, 0.15) is 0 Å². The number of aromatic nitrogens is 2. The van der Waals surface area contributed by atoms with Crippen LogP contribution >= 0.6 is 23.2 Å². The molecule has 7 nitrogen and oxygen atoms in total. The van der Waals surface area contributed by atoms with Crippen LogP contribution in [-0.2, 0) is 0 Å². The SMILES string of the molecule is O=C(Nc1ccc(Cl)c(Cl)c1)Nc1nc(O)cc(=O)[nH]1. The van der Waals surface area contributed by atoms with Gasteiger partial charge in [0, 0.05) is 5.69 Å². The highest BCUT2D eigenvalue weighted by molar-refractivity contribution is 6.42. The third kappa shape index (κ3) is 3.62. The van der Waals surface area contributed by atoms with E-state index in [-0.39, 0.29) is 11.0 Å². The Balaban J connectivity index is 2.08. The molecule has 0 fully saturated rings. The van der Waals surface area contributed by atoms with Crippen molar-refractivity contribution in [3.05, 3.63) is 44.7 Å². The molecule has 0 bridgehead atoms. The number of nitrogens with zero attached hydrogens (tertiary/aromatic N) is 1. The van der Waals surface area contributed by atoms with Gasteiger partial charge in [-0.15, -0.1) is 0 Å². The van der Waals surface area contributed by atoms with E-state index in [1.165, 1.54) is 12.1 Å². The minimum atomic E-state index is -0.669. The summed E-state index contributed by atoms with van der Waals surface area (Å²) in [5.41, 5.74) is -0.193. The number of carbonyl (C=O) groups is 1. The van der Waals surface area contributed by atoms with Crippen molar-refractivity contribution in [2.24, 2.45) is 0 Å². The molecule has 0 aliphatic heterocycles. The molecular weight excluding hydrogens is 307 g/mol. The topological polar surface area (TPSA) is 107 Å². The van der Waals surface area contributed by atoms with Gasteiger partial charge >= 0.3 is 6.03 Å². The largest absolute Gasteiger partial charge is 0.493 e. The lowest BCUT2D eigenvalue weighted by atomic mass is 10.3. The van der Waals surface area contributed by atoms with E-state index in [4.69, 9.17) is 28.3 Å². The molecule has 4 N–H and O–H groups in total. The number of H-pyrrole nitrogens is 1. The Hall–Kier alpha value is -2.25. The summed E-state index contributed by atoms with van der Waals surface area (Å²) in [6, 6.07) is 4.74. The van der Waals surface area contributed by atoms with Crippen molar-refractivity contribution >= 4 is 40.9 Å². The van der Waals surface area contributed by atoms with E-state index < -0.39 is 17.5 Å². The van der Waals surface area contributed by atoms with Gasteiger partial charge in [0.15, 0.2) is 0 Å². The monoisotopic (exact) mass is 314 g/mol. The van der Waals surface area contributed by atoms with Crippen LogP contribution in [0, 0.1) is 0 Å². The molecule has 2 amide bonds. The average molecular weight is 315 g/mol. The van der Waals surface area contributed by atoms with Crippen LogP contribution in [0.4, 0.5) is 16.4 Å². The average Bonchev–Trinajstić information content (AvgIpc) is 2.32. The van der Waals surface area contributed by atoms with Gasteiger partial charge < -0.3 is 10.4 Å². The van der Waals surface area contributed by atoms with Gasteiger partial charge in [0.1, 0.15) is 0 Å². The van der Waals surface area contributed by atoms with Crippen molar-refractivity contribution in [3.8, 4) is 5.88 Å². The van der Waals surface area contributed by atoms with Gasteiger partial charge in [0.25, 0.3) is 5.56 Å². The van der Waals surface area contributed by atoms with Crippen LogP contribution < -0.4 is 16.2 Å². The number of urea groups is 1. The second-order valence-corrected chi connectivity index (χ2v) is 4.47. The summed E-state index contributed by atoms with van der Waals surface area (Å²) in [5.74, 6) is -0.689. The molecule has 2 rings (SSSR count). The molecule has 0 atom stereocenters. The number of hydrogen-bond acceptors (Lipinski definition) is 4. The number of halogens is 2. The van der Waals surface area contributed by atoms with Gasteiger partial charge in [-0.3, -0.25) is 15.1 Å². The molecule has 20 heavy (non-hydrogen) atoms. The number of nitrogens with one attached hydrogen (secondary N) is 3. The first-order valence-corrected chi connectivity index (χ1v) is 6.03. The first-order chi connectivity index (χ1) is 9.44. The molecule has 0 spiro atoms. The molecule has 0 aliphatic rings. The third-order valence-corrected chi connectivity index (χ3v) is 2.88. The molecule has 2 aromatic rings. The Morgan fingerprint density at radius 1 is 1.20 bits per heavy atom. The number of aromatic amines is 1. The molecule has 0 unspecified atom stereocenters. The second-order valence-electron chi connectivity index (χ2n) is 3.66. The minimum Gasteiger partial charge on any atom is -0.493 e. The maximum atomic E-state index is 11.7. The van der Waals surface area contributed by atoms with E-state index in [9.17, 15) is 9.59 Å². The van der Waals surface area contributed by atoms with Gasteiger partial charge in [0.05, 0.1) is 16.1 Å². The molecule has 1 aromatic carbocycles. The molecule has 9 heteroatoms. The van der Waals surface area contributed by atoms with Crippen molar-refractivity contribution in [2.75, 3.05) is 10.6 Å². The van der Waals surface area contributed by atoms with Crippen molar-refractivity contribution < 1.29 is 9.90 Å². The Labute approximate surface area is 122 Å². The zero-order valence-electron chi connectivity index (χ0n) is 9.78. The lowest BCUT2D eigenvalue weighted by Crippen LogP contribution is -2.22. The van der Waals surface area contributed by atoms with Crippen LogP contribution in [0.15, 0.2) is 29.1 Å². The summed E-state index contributed by atoms with van der Waals surface area (Å²) >= 11 is 11.5. The van der Waals surface area contributed by atoms with E-state index in [0.29, 0.717) is 10.7 Å². The van der Waals surface area contributed by atoms with E-state index >= 15 is 0 Å². The molecule has 0 aliphatic carbocycles. The van der Waals surface area contributed by atoms with Crippen LogP contribution in [0.3, 0.4) is 0 Å². The van der Waals surface area contributed by atoms with E-state index in [1.807, 2.05) is 0 Å². The molecule has 0 saturated carbocycles. The van der Waals surface area contributed by atoms with E-state index in [0.717, 1.165) is 6.07 Å². The van der Waals surface area contributed by atoms with Crippen LogP contribution in [0.5, 0.6) is 5.88 Å². The molecule has 0 saturated heterocycles. The highest BCUT2D eigenvalue weighted by atomic mass is 35.5. The van der Waals surface area contributed by atoms with Crippen molar-refractivity contribution in [3.63, 3.8) is 0 Å². The minimum absolute atomic E-state index is 0.187. The van der Waals surface area contributed by atoms with Crippen molar-refractivity contribution in [2.45, 2.75) is 0 Å². The van der Waals surface area contributed by atoms with Crippen molar-refractivity contribution in [1.29, 1.82) is 0 Å². The first-order valence-electron chi connectivity index (χ1n) is 5.27. The fourth-order valence-electron chi connectivity index (χ4n) is 1.35. The maximum Gasteiger partial charge on any atom is 0.326 e. The summed E-state index contributed by atoms with van der Waals surface area (Å²) in [4.78, 5) is 28.5. The van der Waals surface area contributed by atoms with E-state index in [2.05, 4.69) is 20.6 Å². The summed E-state index contributed by atoms with van der Waals surface area (Å²) in [5, 5.41) is 14.5. The Morgan fingerprint density at radius 3 is 2.60 bits per heavy atom. The van der Waals surface area contributed by atoms with Crippen LogP contribution in [0.25, 0.3) is 0 Å². The normalized spacial score (nSPS) is 10.1. The van der Waals surface area contributed by atoms with Crippen LogP contribution in [-0.4, -0.2) is 21.1 Å². The van der Waals surface area contributed by atoms with Gasteiger partial charge in [-0.2, -0.15) is 4.98 Å². The molecule has 104 valence electrons. The molecular formula is C11H8Cl2N4O3. The third-order valence-electron chi connectivity index (χ3n) is 2.14. The summed E-state index contributed by atoms with van der Waals surface area (Å²) in [6.07, 6.45) is 0. The summed E-state index contributed by atoms with van der Waals surface area (Å²) in [6.45, 7) is 0. The number of rotatable bonds is 2. The Morgan fingerprint density at radius 2 is 1.95 bits per heavy atom. The first kappa shape index (κ1) is 14.2. The highest BCUT2D eigenvalue weighted by Gasteiger charge is 2.07. The molecule has 1 heterocycles. The zero-order valence-corrected chi connectivity index (χ0v) is 11.3. The number of carbonyl (C=O) groups excluding carboxylic acids is 1. The Bertz CT molecular complexity index is 717. The molecule has 1 aromatic heterocycles. The van der Waals surface area contributed by atoms with Gasteiger partial charge in [-0.25, -0.2) is 4.79 Å². The predicted octanol–water partition coefficient (Wildman–Crippen LogP) is 2.43. The van der Waals surface area contributed by atoms with Gasteiger partial charge in [-0.05, 0) is 18.2 Å². The zero-order chi connectivity index (χ0) is 14.7. The lowest BCUT2D eigenvalue weighted by molar-refractivity contribution is 0.262. The lowest BCUT2D eigenvalue weighted by Gasteiger charge is -2.07. The highest BCUT2D eigenvalue weighted by Crippen LogP contribution is 2.24. The quantitative estimate of drug-likeness (QED) is 0.682. The van der Waals surface area contributed by atoms with Gasteiger partial charge in [0.2, 0.25) is 11.8 Å². The summed E-state index contributed by atoms with van der Waals surface area (Å²) in [7, 11) is 0. The van der Waals surface area contributed by atoms with E-state index in [1.54, 1.807) is 6.07 Å². The summed E-state index contributed by atoms with van der Waals surface area (Å²) < 4.78 is 0. The number of hydrogen-bond donors (Lipinski definition) is 4. The smallest absolute Gasteiger partial charge is 0.326 e. The predicted molar refractivity (Wildman–Crippen MR) is 75.6 cm³/mol. The number of aromatic hydroxyl groups is 1. The molecule has 0 radical (unpaired) electrons. The fraction of sp³-hybridized carbons (Fsp3) is 0.